The minimum absolute atomic E-state index is 0.00749. The van der Waals surface area contributed by atoms with Gasteiger partial charge in [0, 0.05) is 19.5 Å². The van der Waals surface area contributed by atoms with Gasteiger partial charge in [0.25, 0.3) is 5.91 Å². The van der Waals surface area contributed by atoms with Gasteiger partial charge in [-0.05, 0) is 37.8 Å². The van der Waals surface area contributed by atoms with Gasteiger partial charge in [-0.25, -0.2) is 0 Å². The van der Waals surface area contributed by atoms with Gasteiger partial charge in [0.15, 0.2) is 0 Å². The highest BCUT2D eigenvalue weighted by Gasteiger charge is 2.32. The zero-order chi connectivity index (χ0) is 20.0. The molecule has 1 aliphatic heterocycles. The van der Waals surface area contributed by atoms with Gasteiger partial charge in [-0.2, -0.15) is 0 Å². The highest BCUT2D eigenvalue weighted by atomic mass is 16.5. The summed E-state index contributed by atoms with van der Waals surface area (Å²) in [5, 5.41) is 3.12. The summed E-state index contributed by atoms with van der Waals surface area (Å²) in [4.78, 5) is 27.7. The van der Waals surface area contributed by atoms with E-state index in [1.165, 1.54) is 0 Å². The number of para-hydroxylation sites is 1. The molecule has 0 unspecified atom stereocenters. The van der Waals surface area contributed by atoms with Crippen LogP contribution in [0.2, 0.25) is 0 Å². The molecule has 3 atom stereocenters. The maximum atomic E-state index is 13.2. The smallest absolute Gasteiger partial charge is 0.258 e. The molecule has 0 saturated heterocycles. The number of carbonyl (C=O) groups is 2. The highest BCUT2D eigenvalue weighted by Crippen LogP contribution is 2.24. The molecule has 1 aromatic rings. The van der Waals surface area contributed by atoms with Gasteiger partial charge in [-0.15, -0.1) is 0 Å². The van der Waals surface area contributed by atoms with Crippen LogP contribution in [-0.2, 0) is 4.79 Å². The monoisotopic (exact) mass is 372 g/mol. The molecule has 1 heterocycles. The Bertz CT molecular complexity index is 684. The van der Waals surface area contributed by atoms with Crippen LogP contribution in [0, 0.1) is 5.92 Å². The first-order valence-electron chi connectivity index (χ1n) is 9.83. The predicted molar refractivity (Wildman–Crippen MR) is 108 cm³/mol. The van der Waals surface area contributed by atoms with E-state index in [0.29, 0.717) is 11.3 Å². The van der Waals surface area contributed by atoms with Gasteiger partial charge in [0.1, 0.15) is 11.8 Å². The minimum atomic E-state index is -0.538. The zero-order valence-electron chi connectivity index (χ0n) is 17.1. The van der Waals surface area contributed by atoms with Crippen molar-refractivity contribution in [3.8, 4) is 5.75 Å². The molecular formula is C22H32N2O3. The molecule has 1 aliphatic rings. The fourth-order valence-electron chi connectivity index (χ4n) is 3.42. The Morgan fingerprint density at radius 2 is 1.85 bits per heavy atom. The summed E-state index contributed by atoms with van der Waals surface area (Å²) in [5.74, 6) is 0.241. The van der Waals surface area contributed by atoms with Crippen LogP contribution >= 0.6 is 0 Å². The van der Waals surface area contributed by atoms with E-state index in [4.69, 9.17) is 4.74 Å². The van der Waals surface area contributed by atoms with Gasteiger partial charge in [0.2, 0.25) is 5.91 Å². The van der Waals surface area contributed by atoms with Crippen molar-refractivity contribution in [2.45, 2.75) is 65.1 Å². The summed E-state index contributed by atoms with van der Waals surface area (Å²) in [6, 6.07) is 6.77. The van der Waals surface area contributed by atoms with Crippen molar-refractivity contribution in [2.24, 2.45) is 5.92 Å². The molecule has 0 aliphatic carbocycles. The van der Waals surface area contributed by atoms with E-state index in [0.717, 1.165) is 19.3 Å². The van der Waals surface area contributed by atoms with E-state index in [1.807, 2.05) is 39.0 Å². The first kappa shape index (κ1) is 21.0. The highest BCUT2D eigenvalue weighted by molar-refractivity contribution is 5.99. The number of rotatable bonds is 2. The van der Waals surface area contributed by atoms with E-state index in [9.17, 15) is 9.59 Å². The van der Waals surface area contributed by atoms with Crippen LogP contribution in [0.3, 0.4) is 0 Å². The average molecular weight is 373 g/mol. The zero-order valence-corrected chi connectivity index (χ0v) is 17.1. The summed E-state index contributed by atoms with van der Waals surface area (Å²) in [7, 11) is 1.69. The lowest BCUT2D eigenvalue weighted by Crippen LogP contribution is -2.52. The molecule has 27 heavy (non-hydrogen) atoms. The Balaban J connectivity index is 2.43. The predicted octanol–water partition coefficient (Wildman–Crippen LogP) is 3.80. The second-order valence-corrected chi connectivity index (χ2v) is 7.59. The van der Waals surface area contributed by atoms with E-state index < -0.39 is 6.04 Å². The summed E-state index contributed by atoms with van der Waals surface area (Å²) >= 11 is 0. The maximum absolute atomic E-state index is 13.2. The van der Waals surface area contributed by atoms with Crippen molar-refractivity contribution in [1.82, 2.24) is 10.2 Å². The SMILES string of the molecule is CC[C@@H]1C/C=C/C[C@H](C)Oc2ccccc2C(=O)N(C)[C@@H](C(C)C)C(=O)N1. The summed E-state index contributed by atoms with van der Waals surface area (Å²) < 4.78 is 6.04. The van der Waals surface area contributed by atoms with E-state index in [-0.39, 0.29) is 29.9 Å². The number of likely N-dealkylation sites (N-methyl/N-ethyl adjacent to an activating group) is 1. The minimum Gasteiger partial charge on any atom is -0.490 e. The number of hydrogen-bond acceptors (Lipinski definition) is 3. The van der Waals surface area contributed by atoms with Crippen LogP contribution < -0.4 is 10.1 Å². The number of nitrogens with zero attached hydrogens (tertiary/aromatic N) is 1. The van der Waals surface area contributed by atoms with Crippen LogP contribution in [0.1, 0.15) is 57.3 Å². The number of nitrogens with one attached hydrogen (secondary N) is 1. The summed E-state index contributed by atoms with van der Waals surface area (Å²) in [5.41, 5.74) is 0.485. The lowest BCUT2D eigenvalue weighted by atomic mass is 9.99. The van der Waals surface area contributed by atoms with Crippen molar-refractivity contribution >= 4 is 11.8 Å². The van der Waals surface area contributed by atoms with Gasteiger partial charge in [0.05, 0.1) is 11.7 Å². The molecule has 0 radical (unpaired) electrons. The fraction of sp³-hybridized carbons (Fsp3) is 0.545. The molecule has 1 N–H and O–H groups in total. The number of hydrogen-bond donors (Lipinski definition) is 1. The Morgan fingerprint density at radius 1 is 1.19 bits per heavy atom. The maximum Gasteiger partial charge on any atom is 0.258 e. The number of amides is 2. The average Bonchev–Trinajstić information content (AvgIpc) is 2.63. The Kier molecular flexibility index (Phi) is 7.45. The number of ether oxygens (including phenoxy) is 1. The second-order valence-electron chi connectivity index (χ2n) is 7.59. The van der Waals surface area contributed by atoms with Gasteiger partial charge in [-0.1, -0.05) is 45.1 Å². The molecule has 0 aromatic heterocycles. The molecule has 0 fully saturated rings. The van der Waals surface area contributed by atoms with Crippen molar-refractivity contribution in [2.75, 3.05) is 7.05 Å². The van der Waals surface area contributed by atoms with Crippen molar-refractivity contribution in [3.05, 3.63) is 42.0 Å². The van der Waals surface area contributed by atoms with Crippen molar-refractivity contribution in [1.29, 1.82) is 0 Å². The molecule has 2 amide bonds. The molecule has 5 nitrogen and oxygen atoms in total. The number of fused-ring (bicyclic) bond motifs is 1. The third-order valence-electron chi connectivity index (χ3n) is 4.98. The molecular weight excluding hydrogens is 340 g/mol. The van der Waals surface area contributed by atoms with Crippen molar-refractivity contribution in [3.63, 3.8) is 0 Å². The Hall–Kier alpha value is -2.30. The van der Waals surface area contributed by atoms with Crippen LogP contribution in [0.5, 0.6) is 5.75 Å². The normalized spacial score (nSPS) is 26.0. The summed E-state index contributed by atoms with van der Waals surface area (Å²) in [6.45, 7) is 7.98. The van der Waals surface area contributed by atoms with Crippen molar-refractivity contribution < 1.29 is 14.3 Å². The van der Waals surface area contributed by atoms with Crippen LogP contribution in [0.4, 0.5) is 0 Å². The Labute approximate surface area is 162 Å². The molecule has 2 rings (SSSR count). The summed E-state index contributed by atoms with van der Waals surface area (Å²) in [6.07, 6.45) is 6.50. The number of carbonyl (C=O) groups excluding carboxylic acids is 2. The molecule has 148 valence electrons. The second kappa shape index (κ2) is 9.58. The van der Waals surface area contributed by atoms with Crippen LogP contribution in [0.25, 0.3) is 0 Å². The van der Waals surface area contributed by atoms with E-state index in [1.54, 1.807) is 18.0 Å². The lowest BCUT2D eigenvalue weighted by molar-refractivity contribution is -0.127. The molecule has 0 spiro atoms. The lowest BCUT2D eigenvalue weighted by Gasteiger charge is -2.32. The van der Waals surface area contributed by atoms with Gasteiger partial charge < -0.3 is 15.0 Å². The largest absolute Gasteiger partial charge is 0.490 e. The standard InChI is InChI=1S/C22H32N2O3/c1-6-17-12-8-7-11-16(4)27-19-14-10-9-13-18(19)22(26)24(5)20(15(2)3)21(25)23-17/h7-10,13-17,20H,6,11-12H2,1-5H3,(H,23,25)/b8-7+/t16-,17+,20-/m0/s1. The quantitative estimate of drug-likeness (QED) is 0.804. The fourth-order valence-corrected chi connectivity index (χ4v) is 3.42. The molecule has 5 heteroatoms. The first-order chi connectivity index (χ1) is 12.8. The van der Waals surface area contributed by atoms with Gasteiger partial charge in [-0.3, -0.25) is 9.59 Å². The number of benzene rings is 1. The Morgan fingerprint density at radius 3 is 2.52 bits per heavy atom. The third-order valence-corrected chi connectivity index (χ3v) is 4.98. The van der Waals surface area contributed by atoms with Crippen LogP contribution in [0.15, 0.2) is 36.4 Å². The van der Waals surface area contributed by atoms with E-state index >= 15 is 0 Å². The van der Waals surface area contributed by atoms with Gasteiger partial charge >= 0.3 is 0 Å². The molecule has 1 aromatic carbocycles. The molecule has 0 saturated carbocycles. The third kappa shape index (κ3) is 5.34. The topological polar surface area (TPSA) is 58.6 Å². The molecule has 0 bridgehead atoms. The van der Waals surface area contributed by atoms with E-state index in [2.05, 4.69) is 24.4 Å². The first-order valence-corrected chi connectivity index (χ1v) is 9.83. The van der Waals surface area contributed by atoms with Crippen LogP contribution in [-0.4, -0.2) is 41.9 Å².